The Morgan fingerprint density at radius 2 is 2.10 bits per heavy atom. The molecule has 1 fully saturated rings. The number of nitrogens with two attached hydrogens (primary N) is 1. The summed E-state index contributed by atoms with van der Waals surface area (Å²) in [5, 5.41) is 3.68. The number of aromatic nitrogens is 1. The molecule has 3 N–H and O–H groups in total. The maximum absolute atomic E-state index is 6.12. The predicted octanol–water partition coefficient (Wildman–Crippen LogP) is 2.58. The number of pyridine rings is 1. The number of nitrogen functional groups attached to an aromatic ring is 1. The first-order chi connectivity index (χ1) is 9.57. The number of anilines is 1. The van der Waals surface area contributed by atoms with Crippen molar-refractivity contribution in [2.24, 2.45) is 0 Å². The minimum absolute atomic E-state index is 0.0445. The van der Waals surface area contributed by atoms with Crippen molar-refractivity contribution >= 4 is 5.82 Å². The van der Waals surface area contributed by atoms with Gasteiger partial charge in [-0.15, -0.1) is 0 Å². The SMILES string of the molecule is CCCNC(c1cccnc1N)C(C)(C)N1CCCC1. The van der Waals surface area contributed by atoms with E-state index in [9.17, 15) is 0 Å². The van der Waals surface area contributed by atoms with Crippen LogP contribution in [-0.2, 0) is 0 Å². The van der Waals surface area contributed by atoms with Crippen molar-refractivity contribution < 1.29 is 0 Å². The molecule has 1 saturated heterocycles. The van der Waals surface area contributed by atoms with Crippen LogP contribution in [0.1, 0.15) is 51.6 Å². The third-order valence-corrected chi connectivity index (χ3v) is 4.41. The largest absolute Gasteiger partial charge is 0.383 e. The highest BCUT2D eigenvalue weighted by atomic mass is 15.2. The van der Waals surface area contributed by atoms with Gasteiger partial charge in [-0.1, -0.05) is 13.0 Å². The van der Waals surface area contributed by atoms with E-state index in [1.165, 1.54) is 25.9 Å². The summed E-state index contributed by atoms with van der Waals surface area (Å²) in [7, 11) is 0. The van der Waals surface area contributed by atoms with Crippen molar-refractivity contribution in [1.82, 2.24) is 15.2 Å². The van der Waals surface area contributed by atoms with Gasteiger partial charge >= 0.3 is 0 Å². The lowest BCUT2D eigenvalue weighted by atomic mass is 9.87. The average Bonchev–Trinajstić information content (AvgIpc) is 2.95. The molecule has 0 spiro atoms. The van der Waals surface area contributed by atoms with Gasteiger partial charge in [0.2, 0.25) is 0 Å². The molecule has 4 heteroatoms. The van der Waals surface area contributed by atoms with Crippen LogP contribution in [0.3, 0.4) is 0 Å². The van der Waals surface area contributed by atoms with Gasteiger partial charge in [-0.05, 0) is 58.8 Å². The van der Waals surface area contributed by atoms with Crippen LogP contribution < -0.4 is 11.1 Å². The number of rotatable bonds is 6. The second-order valence-electron chi connectivity index (χ2n) is 6.21. The van der Waals surface area contributed by atoms with Gasteiger partial charge in [0.05, 0.1) is 6.04 Å². The molecule has 112 valence electrons. The molecule has 0 aliphatic carbocycles. The molecule has 1 aliphatic rings. The molecule has 20 heavy (non-hydrogen) atoms. The first kappa shape index (κ1) is 15.3. The van der Waals surface area contributed by atoms with E-state index in [-0.39, 0.29) is 11.6 Å². The summed E-state index contributed by atoms with van der Waals surface area (Å²) in [6.45, 7) is 10.2. The van der Waals surface area contributed by atoms with Crippen LogP contribution in [0.2, 0.25) is 0 Å². The Labute approximate surface area is 122 Å². The lowest BCUT2D eigenvalue weighted by molar-refractivity contribution is 0.107. The Kier molecular flexibility index (Phi) is 5.00. The summed E-state index contributed by atoms with van der Waals surface area (Å²) in [6, 6.07) is 4.30. The van der Waals surface area contributed by atoms with Gasteiger partial charge in [-0.25, -0.2) is 4.98 Å². The summed E-state index contributed by atoms with van der Waals surface area (Å²) >= 11 is 0. The van der Waals surface area contributed by atoms with Crippen molar-refractivity contribution in [2.75, 3.05) is 25.4 Å². The van der Waals surface area contributed by atoms with Crippen molar-refractivity contribution in [3.05, 3.63) is 23.9 Å². The van der Waals surface area contributed by atoms with Crippen LogP contribution in [0.5, 0.6) is 0 Å². The zero-order valence-corrected chi connectivity index (χ0v) is 13.0. The van der Waals surface area contributed by atoms with Gasteiger partial charge in [0.1, 0.15) is 5.82 Å². The highest BCUT2D eigenvalue weighted by Crippen LogP contribution is 2.35. The maximum atomic E-state index is 6.12. The van der Waals surface area contributed by atoms with Crippen molar-refractivity contribution in [3.8, 4) is 0 Å². The van der Waals surface area contributed by atoms with Gasteiger partial charge in [0.15, 0.2) is 0 Å². The minimum atomic E-state index is 0.0445. The molecule has 4 nitrogen and oxygen atoms in total. The zero-order valence-electron chi connectivity index (χ0n) is 13.0. The van der Waals surface area contributed by atoms with Crippen LogP contribution >= 0.6 is 0 Å². The van der Waals surface area contributed by atoms with Gasteiger partial charge in [-0.2, -0.15) is 0 Å². The van der Waals surface area contributed by atoms with E-state index in [1.54, 1.807) is 6.20 Å². The second kappa shape index (κ2) is 6.55. The summed E-state index contributed by atoms with van der Waals surface area (Å²) < 4.78 is 0. The van der Waals surface area contributed by atoms with Crippen LogP contribution in [0.25, 0.3) is 0 Å². The lowest BCUT2D eigenvalue weighted by Crippen LogP contribution is -2.51. The normalized spacial score (nSPS) is 18.4. The van der Waals surface area contributed by atoms with E-state index in [2.05, 4.69) is 42.0 Å². The number of nitrogens with zero attached hydrogens (tertiary/aromatic N) is 2. The lowest BCUT2D eigenvalue weighted by Gasteiger charge is -2.43. The third-order valence-electron chi connectivity index (χ3n) is 4.41. The fourth-order valence-corrected chi connectivity index (χ4v) is 3.18. The molecular formula is C16H28N4. The molecule has 1 aliphatic heterocycles. The van der Waals surface area contributed by atoms with Crippen molar-refractivity contribution in [3.63, 3.8) is 0 Å². The van der Waals surface area contributed by atoms with Gasteiger partial charge in [0.25, 0.3) is 0 Å². The molecule has 0 bridgehead atoms. The smallest absolute Gasteiger partial charge is 0.128 e. The highest BCUT2D eigenvalue weighted by molar-refractivity contribution is 5.42. The molecule has 0 aromatic carbocycles. The Hall–Kier alpha value is -1.13. The Morgan fingerprint density at radius 3 is 2.70 bits per heavy atom. The monoisotopic (exact) mass is 276 g/mol. The molecule has 1 aromatic heterocycles. The third kappa shape index (κ3) is 3.13. The summed E-state index contributed by atoms with van der Waals surface area (Å²) in [5.41, 5.74) is 7.29. The molecular weight excluding hydrogens is 248 g/mol. The molecule has 1 unspecified atom stereocenters. The average molecular weight is 276 g/mol. The fourth-order valence-electron chi connectivity index (χ4n) is 3.18. The standard InChI is InChI=1S/C16H28N4/c1-4-9-18-14(13-8-7-10-19-15(13)17)16(2,3)20-11-5-6-12-20/h7-8,10,14,18H,4-6,9,11-12H2,1-3H3,(H2,17,19). The molecule has 2 rings (SSSR count). The maximum Gasteiger partial charge on any atom is 0.128 e. The zero-order chi connectivity index (χ0) is 14.6. The van der Waals surface area contributed by atoms with E-state index >= 15 is 0 Å². The Balaban J connectivity index is 2.29. The highest BCUT2D eigenvalue weighted by Gasteiger charge is 2.38. The molecule has 1 atom stereocenters. The van der Waals surface area contributed by atoms with Crippen molar-refractivity contribution in [1.29, 1.82) is 0 Å². The molecule has 0 saturated carbocycles. The molecule has 0 radical (unpaired) electrons. The summed E-state index contributed by atoms with van der Waals surface area (Å²) in [4.78, 5) is 6.84. The van der Waals surface area contributed by atoms with Crippen molar-refractivity contribution in [2.45, 2.75) is 51.6 Å². The van der Waals surface area contributed by atoms with Crippen LogP contribution in [-0.4, -0.2) is 35.1 Å². The first-order valence-corrected chi connectivity index (χ1v) is 7.76. The summed E-state index contributed by atoms with van der Waals surface area (Å²) in [6.07, 6.45) is 5.48. The fraction of sp³-hybridized carbons (Fsp3) is 0.688. The first-order valence-electron chi connectivity index (χ1n) is 7.76. The van der Waals surface area contributed by atoms with Gasteiger partial charge in [0, 0.05) is 17.3 Å². The topological polar surface area (TPSA) is 54.2 Å². The van der Waals surface area contributed by atoms with Crippen LogP contribution in [0, 0.1) is 0 Å². The Bertz CT molecular complexity index is 424. The van der Waals surface area contributed by atoms with E-state index < -0.39 is 0 Å². The quantitative estimate of drug-likeness (QED) is 0.838. The van der Waals surface area contributed by atoms with E-state index in [4.69, 9.17) is 5.73 Å². The second-order valence-corrected chi connectivity index (χ2v) is 6.21. The van der Waals surface area contributed by atoms with Gasteiger partial charge in [-0.3, -0.25) is 4.90 Å². The van der Waals surface area contributed by atoms with E-state index in [0.717, 1.165) is 18.5 Å². The molecule has 1 aromatic rings. The van der Waals surface area contributed by atoms with Gasteiger partial charge < -0.3 is 11.1 Å². The number of nitrogens with one attached hydrogen (secondary N) is 1. The Morgan fingerprint density at radius 1 is 1.40 bits per heavy atom. The number of hydrogen-bond donors (Lipinski definition) is 2. The molecule has 0 amide bonds. The predicted molar refractivity (Wildman–Crippen MR) is 84.6 cm³/mol. The summed E-state index contributed by atoms with van der Waals surface area (Å²) in [5.74, 6) is 0.647. The minimum Gasteiger partial charge on any atom is -0.383 e. The number of hydrogen-bond acceptors (Lipinski definition) is 4. The van der Waals surface area contributed by atoms with E-state index in [1.807, 2.05) is 6.07 Å². The van der Waals surface area contributed by atoms with E-state index in [0.29, 0.717) is 5.82 Å². The number of likely N-dealkylation sites (tertiary alicyclic amines) is 1. The molecule has 2 heterocycles. The van der Waals surface area contributed by atoms with Crippen LogP contribution in [0.4, 0.5) is 5.82 Å². The van der Waals surface area contributed by atoms with Crippen LogP contribution in [0.15, 0.2) is 18.3 Å².